The lowest BCUT2D eigenvalue weighted by atomic mass is 10.1. The number of nitrogens with zero attached hydrogens (tertiary/aromatic N) is 4. The van der Waals surface area contributed by atoms with Gasteiger partial charge in [-0.1, -0.05) is 12.1 Å². The third-order valence-electron chi connectivity index (χ3n) is 4.17. The second-order valence-electron chi connectivity index (χ2n) is 6.69. The molecule has 0 amide bonds. The Morgan fingerprint density at radius 2 is 1.96 bits per heavy atom. The number of amidine groups is 1. The van der Waals surface area contributed by atoms with E-state index in [9.17, 15) is 0 Å². The minimum atomic E-state index is 0.419. The highest BCUT2D eigenvalue weighted by atomic mass is 16.3. The summed E-state index contributed by atoms with van der Waals surface area (Å²) in [6.07, 6.45) is 4.01. The highest BCUT2D eigenvalue weighted by Crippen LogP contribution is 2.25. The fraction of sp³-hybridized carbons (Fsp3) is 0.400. The number of aliphatic imine (C=N–C) groups is 1. The molecular formula is C20H24N4O. The quantitative estimate of drug-likeness (QED) is 0.576. The van der Waals surface area contributed by atoms with Crippen LogP contribution in [-0.2, 0) is 6.54 Å². The van der Waals surface area contributed by atoms with Crippen LogP contribution in [0.1, 0.15) is 29.7 Å². The molecule has 0 radical (unpaired) electrons. The first-order valence-corrected chi connectivity index (χ1v) is 8.66. The SMILES string of the molecule is CN(C)CCN(Cc1ccc(C#N)cc1)C(=NC1CC1)c1ccco1. The normalized spacial score (nSPS) is 14.6. The Kier molecular flexibility index (Phi) is 5.52. The molecule has 0 saturated heterocycles. The molecular weight excluding hydrogens is 312 g/mol. The second kappa shape index (κ2) is 8.00. The summed E-state index contributed by atoms with van der Waals surface area (Å²) in [6, 6.07) is 14.2. The third-order valence-corrected chi connectivity index (χ3v) is 4.17. The van der Waals surface area contributed by atoms with Crippen molar-refractivity contribution >= 4 is 5.84 Å². The number of rotatable bonds is 7. The molecule has 0 atom stereocenters. The summed E-state index contributed by atoms with van der Waals surface area (Å²) in [5.41, 5.74) is 1.84. The summed E-state index contributed by atoms with van der Waals surface area (Å²) < 4.78 is 5.66. The standard InChI is InChI=1S/C20H24N4O/c1-23(2)11-12-24(15-17-7-5-16(14-21)6-8-17)20(22-18-9-10-18)19-4-3-13-25-19/h3-8,13,18H,9-12,15H2,1-2H3. The predicted molar refractivity (Wildman–Crippen MR) is 98.4 cm³/mol. The van der Waals surface area contributed by atoms with E-state index in [4.69, 9.17) is 14.7 Å². The lowest BCUT2D eigenvalue weighted by Gasteiger charge is -2.27. The van der Waals surface area contributed by atoms with Gasteiger partial charge in [0, 0.05) is 19.6 Å². The first kappa shape index (κ1) is 17.2. The Morgan fingerprint density at radius 3 is 2.52 bits per heavy atom. The monoisotopic (exact) mass is 336 g/mol. The van der Waals surface area contributed by atoms with Crippen LogP contribution >= 0.6 is 0 Å². The molecule has 0 aliphatic heterocycles. The van der Waals surface area contributed by atoms with Gasteiger partial charge in [0.15, 0.2) is 11.6 Å². The van der Waals surface area contributed by atoms with Crippen molar-refractivity contribution in [3.8, 4) is 6.07 Å². The van der Waals surface area contributed by atoms with Crippen molar-refractivity contribution < 1.29 is 4.42 Å². The van der Waals surface area contributed by atoms with Crippen LogP contribution in [0.25, 0.3) is 0 Å². The van der Waals surface area contributed by atoms with Crippen molar-refractivity contribution in [3.63, 3.8) is 0 Å². The van der Waals surface area contributed by atoms with Gasteiger partial charge in [0.25, 0.3) is 0 Å². The lowest BCUT2D eigenvalue weighted by Crippen LogP contribution is -2.37. The van der Waals surface area contributed by atoms with Gasteiger partial charge in [0.05, 0.1) is 23.9 Å². The summed E-state index contributed by atoms with van der Waals surface area (Å²) in [4.78, 5) is 9.36. The van der Waals surface area contributed by atoms with Crippen molar-refractivity contribution in [1.29, 1.82) is 5.26 Å². The zero-order chi connectivity index (χ0) is 17.6. The van der Waals surface area contributed by atoms with Gasteiger partial charge in [-0.15, -0.1) is 0 Å². The van der Waals surface area contributed by atoms with E-state index >= 15 is 0 Å². The molecule has 130 valence electrons. The number of furan rings is 1. The Balaban J connectivity index is 1.84. The van der Waals surface area contributed by atoms with E-state index in [-0.39, 0.29) is 0 Å². The lowest BCUT2D eigenvalue weighted by molar-refractivity contribution is 0.321. The van der Waals surface area contributed by atoms with Crippen LogP contribution in [0.4, 0.5) is 0 Å². The number of nitriles is 1. The Hall–Kier alpha value is -2.58. The molecule has 1 fully saturated rings. The van der Waals surface area contributed by atoms with Gasteiger partial charge in [0.1, 0.15) is 0 Å². The van der Waals surface area contributed by atoms with Crippen LogP contribution in [0.15, 0.2) is 52.1 Å². The first-order chi connectivity index (χ1) is 12.2. The summed E-state index contributed by atoms with van der Waals surface area (Å²) >= 11 is 0. The summed E-state index contributed by atoms with van der Waals surface area (Å²) in [5, 5.41) is 8.98. The molecule has 1 heterocycles. The molecule has 1 aliphatic rings. The van der Waals surface area contributed by atoms with E-state index in [0.29, 0.717) is 11.6 Å². The van der Waals surface area contributed by atoms with Crippen LogP contribution in [0.3, 0.4) is 0 Å². The van der Waals surface area contributed by atoms with Gasteiger partial charge in [-0.05, 0) is 56.8 Å². The van der Waals surface area contributed by atoms with E-state index < -0.39 is 0 Å². The number of hydrogen-bond donors (Lipinski definition) is 0. The Bertz CT molecular complexity index is 737. The largest absolute Gasteiger partial charge is 0.461 e. The van der Waals surface area contributed by atoms with Crippen LogP contribution in [0, 0.1) is 11.3 Å². The smallest absolute Gasteiger partial charge is 0.168 e. The first-order valence-electron chi connectivity index (χ1n) is 8.66. The average Bonchev–Trinajstić information content (AvgIpc) is 3.28. The molecule has 0 N–H and O–H groups in total. The molecule has 0 unspecified atom stereocenters. The van der Waals surface area contributed by atoms with Gasteiger partial charge in [0.2, 0.25) is 0 Å². The highest BCUT2D eigenvalue weighted by Gasteiger charge is 2.25. The molecule has 3 rings (SSSR count). The van der Waals surface area contributed by atoms with Crippen LogP contribution in [0.2, 0.25) is 0 Å². The molecule has 25 heavy (non-hydrogen) atoms. The summed E-state index contributed by atoms with van der Waals surface area (Å²) in [7, 11) is 4.15. The number of hydrogen-bond acceptors (Lipinski definition) is 4. The zero-order valence-electron chi connectivity index (χ0n) is 14.9. The Labute approximate surface area is 149 Å². The summed E-state index contributed by atoms with van der Waals surface area (Å²) in [6.45, 7) is 2.53. The molecule has 5 nitrogen and oxygen atoms in total. The highest BCUT2D eigenvalue weighted by molar-refractivity contribution is 5.96. The van der Waals surface area contributed by atoms with Gasteiger partial charge < -0.3 is 14.2 Å². The molecule has 1 aromatic heterocycles. The van der Waals surface area contributed by atoms with E-state index in [1.165, 1.54) is 0 Å². The van der Waals surface area contributed by atoms with E-state index in [2.05, 4.69) is 30.0 Å². The Morgan fingerprint density at radius 1 is 1.20 bits per heavy atom. The fourth-order valence-electron chi connectivity index (χ4n) is 2.57. The maximum Gasteiger partial charge on any atom is 0.168 e. The van der Waals surface area contributed by atoms with Crippen LogP contribution in [-0.4, -0.2) is 48.9 Å². The maximum atomic E-state index is 8.98. The molecule has 0 spiro atoms. The minimum Gasteiger partial charge on any atom is -0.461 e. The molecule has 5 heteroatoms. The van der Waals surface area contributed by atoms with Gasteiger partial charge in [-0.25, -0.2) is 0 Å². The minimum absolute atomic E-state index is 0.419. The van der Waals surface area contributed by atoms with Gasteiger partial charge in [-0.2, -0.15) is 5.26 Å². The van der Waals surface area contributed by atoms with Crippen molar-refractivity contribution in [2.24, 2.45) is 4.99 Å². The molecule has 1 saturated carbocycles. The van der Waals surface area contributed by atoms with E-state index in [0.717, 1.165) is 49.6 Å². The van der Waals surface area contributed by atoms with Crippen molar-refractivity contribution in [1.82, 2.24) is 9.80 Å². The fourth-order valence-corrected chi connectivity index (χ4v) is 2.57. The van der Waals surface area contributed by atoms with E-state index in [1.54, 1.807) is 6.26 Å². The second-order valence-corrected chi connectivity index (χ2v) is 6.69. The number of likely N-dealkylation sites (N-methyl/N-ethyl adjacent to an activating group) is 1. The topological polar surface area (TPSA) is 55.8 Å². The van der Waals surface area contributed by atoms with Crippen LogP contribution < -0.4 is 0 Å². The summed E-state index contributed by atoms with van der Waals surface area (Å²) in [5.74, 6) is 1.75. The molecule has 0 bridgehead atoms. The van der Waals surface area contributed by atoms with Gasteiger partial charge in [-0.3, -0.25) is 4.99 Å². The van der Waals surface area contributed by atoms with Crippen LogP contribution in [0.5, 0.6) is 0 Å². The van der Waals surface area contributed by atoms with E-state index in [1.807, 2.05) is 36.4 Å². The third kappa shape index (κ3) is 4.94. The molecule has 1 aliphatic carbocycles. The average molecular weight is 336 g/mol. The molecule has 1 aromatic carbocycles. The van der Waals surface area contributed by atoms with Crippen molar-refractivity contribution in [2.75, 3.05) is 27.2 Å². The predicted octanol–water partition coefficient (Wildman–Crippen LogP) is 3.12. The zero-order valence-corrected chi connectivity index (χ0v) is 14.9. The van der Waals surface area contributed by atoms with Crippen molar-refractivity contribution in [3.05, 3.63) is 59.5 Å². The molecule has 2 aromatic rings. The number of benzene rings is 1. The van der Waals surface area contributed by atoms with Gasteiger partial charge >= 0.3 is 0 Å². The maximum absolute atomic E-state index is 8.98. The van der Waals surface area contributed by atoms with Crippen molar-refractivity contribution in [2.45, 2.75) is 25.4 Å².